The molecule has 0 radical (unpaired) electrons. The van der Waals surface area contributed by atoms with Gasteiger partial charge in [-0.05, 0) is 28.9 Å². The molecule has 0 fully saturated rings. The fourth-order valence-corrected chi connectivity index (χ4v) is 0.395. The third-order valence-electron chi connectivity index (χ3n) is 0.298. The van der Waals surface area contributed by atoms with Crippen LogP contribution in [-0.2, 0) is 4.79 Å². The summed E-state index contributed by atoms with van der Waals surface area (Å²) < 4.78 is -0.0787. The highest BCUT2D eigenvalue weighted by Crippen LogP contribution is 1.83. The molecule has 34 valence electrons. The molecule has 0 saturated heterocycles. The Kier molecular flexibility index (Phi) is 3.04. The van der Waals surface area contributed by atoms with Crippen LogP contribution in [-0.4, -0.2) is 4.69 Å². The summed E-state index contributed by atoms with van der Waals surface area (Å²) in [5.74, 6) is 0. The lowest BCUT2D eigenvalue weighted by molar-refractivity contribution is -0.106. The van der Waals surface area contributed by atoms with E-state index in [2.05, 4.69) is 15.9 Å². The Balaban J connectivity index is 3.30. The number of carbonyl (C=O) groups excluding carboxylic acids is 1. The fourth-order valence-electron chi connectivity index (χ4n) is 0.131. The molecule has 2 heteroatoms. The van der Waals surface area contributed by atoms with E-state index in [1.165, 1.54) is 6.08 Å². The molecule has 0 aromatic carbocycles. The molecule has 0 saturated carbocycles. The third kappa shape index (κ3) is 3.89. The number of hydrogen-bond donors (Lipinski definition) is 0. The van der Waals surface area contributed by atoms with E-state index >= 15 is 0 Å². The zero-order valence-electron chi connectivity index (χ0n) is 3.44. The lowest BCUT2D eigenvalue weighted by Gasteiger charge is -1.65. The van der Waals surface area contributed by atoms with Gasteiger partial charge in [0.15, 0.2) is 0 Å². The van der Waals surface area contributed by atoms with Crippen LogP contribution in [0.5, 0.6) is 0 Å². The van der Waals surface area contributed by atoms with Crippen LogP contribution < -0.4 is 0 Å². The van der Waals surface area contributed by atoms with E-state index in [0.29, 0.717) is 0 Å². The minimum absolute atomic E-state index is 0.0787. The lowest BCUT2D eigenvalue weighted by Crippen LogP contribution is -1.69. The zero-order valence-corrected chi connectivity index (χ0v) is 5.03. The smallest absolute Gasteiger partial charge is 0.220 e. The van der Waals surface area contributed by atoms with Crippen LogP contribution in [0.4, 0.5) is 0 Å². The summed E-state index contributed by atoms with van der Waals surface area (Å²) in [4.78, 5) is 9.87. The number of carbonyl (C=O) groups is 1. The number of rotatable bonds is 1. The molecule has 0 aliphatic rings. The van der Waals surface area contributed by atoms with Gasteiger partial charge in [-0.2, -0.15) is 0 Å². The Morgan fingerprint density at radius 1 is 1.83 bits per heavy atom. The SMILES string of the molecule is C/C=C/C(=O)Br. The van der Waals surface area contributed by atoms with Gasteiger partial charge < -0.3 is 0 Å². The van der Waals surface area contributed by atoms with E-state index in [1.54, 1.807) is 13.0 Å². The van der Waals surface area contributed by atoms with Crippen LogP contribution in [0.1, 0.15) is 6.92 Å². The fraction of sp³-hybridized carbons (Fsp3) is 0.250. The van der Waals surface area contributed by atoms with Crippen molar-refractivity contribution in [3.63, 3.8) is 0 Å². The summed E-state index contributed by atoms with van der Waals surface area (Å²) in [6, 6.07) is 0. The van der Waals surface area contributed by atoms with E-state index < -0.39 is 0 Å². The number of allylic oxidation sites excluding steroid dienone is 2. The maximum absolute atomic E-state index is 9.87. The normalized spacial score (nSPS) is 9.67. The van der Waals surface area contributed by atoms with Gasteiger partial charge in [-0.15, -0.1) is 0 Å². The lowest BCUT2D eigenvalue weighted by atomic mass is 10.6. The first-order valence-electron chi connectivity index (χ1n) is 1.59. The molecule has 0 aromatic heterocycles. The first-order chi connectivity index (χ1) is 2.77. The molecule has 0 bridgehead atoms. The number of halogens is 1. The Morgan fingerprint density at radius 3 is 2.33 bits per heavy atom. The zero-order chi connectivity index (χ0) is 4.99. The monoisotopic (exact) mass is 148 g/mol. The molecule has 6 heavy (non-hydrogen) atoms. The van der Waals surface area contributed by atoms with Gasteiger partial charge in [-0.1, -0.05) is 6.08 Å². The largest absolute Gasteiger partial charge is 0.282 e. The van der Waals surface area contributed by atoms with Gasteiger partial charge in [-0.3, -0.25) is 4.79 Å². The Hall–Kier alpha value is -0.110. The van der Waals surface area contributed by atoms with Gasteiger partial charge >= 0.3 is 0 Å². The summed E-state index contributed by atoms with van der Waals surface area (Å²) in [5.41, 5.74) is 0. The predicted octanol–water partition coefficient (Wildman–Crippen LogP) is 1.48. The summed E-state index contributed by atoms with van der Waals surface area (Å²) in [6.45, 7) is 1.79. The van der Waals surface area contributed by atoms with Crippen molar-refractivity contribution in [2.75, 3.05) is 0 Å². The van der Waals surface area contributed by atoms with E-state index in [4.69, 9.17) is 0 Å². The first kappa shape index (κ1) is 5.89. The molecular formula is C4H5BrO. The molecule has 0 spiro atoms. The molecular weight excluding hydrogens is 144 g/mol. The van der Waals surface area contributed by atoms with Crippen molar-refractivity contribution in [1.29, 1.82) is 0 Å². The van der Waals surface area contributed by atoms with Crippen molar-refractivity contribution in [2.45, 2.75) is 6.92 Å². The molecule has 0 aliphatic heterocycles. The predicted molar refractivity (Wildman–Crippen MR) is 28.7 cm³/mol. The van der Waals surface area contributed by atoms with Gasteiger partial charge in [0, 0.05) is 0 Å². The average molecular weight is 149 g/mol. The highest BCUT2D eigenvalue weighted by Gasteiger charge is 1.76. The van der Waals surface area contributed by atoms with Gasteiger partial charge in [0.25, 0.3) is 0 Å². The van der Waals surface area contributed by atoms with E-state index in [1.807, 2.05) is 0 Å². The van der Waals surface area contributed by atoms with Gasteiger partial charge in [0.05, 0.1) is 0 Å². The summed E-state index contributed by atoms with van der Waals surface area (Å²) >= 11 is 2.71. The molecule has 0 atom stereocenters. The maximum atomic E-state index is 9.87. The molecule has 0 N–H and O–H groups in total. The quantitative estimate of drug-likeness (QED) is 0.407. The van der Waals surface area contributed by atoms with Crippen LogP contribution >= 0.6 is 15.9 Å². The van der Waals surface area contributed by atoms with Crippen LogP contribution in [0, 0.1) is 0 Å². The molecule has 1 nitrogen and oxygen atoms in total. The Morgan fingerprint density at radius 2 is 2.33 bits per heavy atom. The van der Waals surface area contributed by atoms with Crippen molar-refractivity contribution in [3.05, 3.63) is 12.2 Å². The Labute approximate surface area is 45.2 Å². The van der Waals surface area contributed by atoms with Crippen molar-refractivity contribution in [1.82, 2.24) is 0 Å². The standard InChI is InChI=1S/C4H5BrO/c1-2-3-4(5)6/h2-3H,1H3/b3-2+. The van der Waals surface area contributed by atoms with Crippen LogP contribution in [0.25, 0.3) is 0 Å². The van der Waals surface area contributed by atoms with Crippen molar-refractivity contribution in [3.8, 4) is 0 Å². The summed E-state index contributed by atoms with van der Waals surface area (Å²) in [5, 5.41) is 0. The molecule has 0 amide bonds. The van der Waals surface area contributed by atoms with Crippen molar-refractivity contribution < 1.29 is 4.79 Å². The third-order valence-corrected chi connectivity index (χ3v) is 0.562. The molecule has 0 aromatic rings. The second-order valence-corrected chi connectivity index (χ2v) is 1.59. The summed E-state index contributed by atoms with van der Waals surface area (Å²) in [7, 11) is 0. The van der Waals surface area contributed by atoms with Crippen LogP contribution in [0.3, 0.4) is 0 Å². The van der Waals surface area contributed by atoms with Crippen molar-refractivity contribution in [2.24, 2.45) is 0 Å². The van der Waals surface area contributed by atoms with E-state index in [-0.39, 0.29) is 4.69 Å². The topological polar surface area (TPSA) is 17.1 Å². The molecule has 0 heterocycles. The van der Waals surface area contributed by atoms with Gasteiger partial charge in [-0.25, -0.2) is 0 Å². The second-order valence-electron chi connectivity index (χ2n) is 0.804. The molecule has 0 rings (SSSR count). The van der Waals surface area contributed by atoms with Crippen LogP contribution in [0.2, 0.25) is 0 Å². The highest BCUT2D eigenvalue weighted by molar-refractivity contribution is 9.18. The Bertz CT molecular complexity index is 75.6. The average Bonchev–Trinajstić information content (AvgIpc) is 1.35. The van der Waals surface area contributed by atoms with Crippen LogP contribution in [0.15, 0.2) is 12.2 Å². The first-order valence-corrected chi connectivity index (χ1v) is 2.39. The molecule has 0 unspecified atom stereocenters. The minimum Gasteiger partial charge on any atom is -0.282 e. The van der Waals surface area contributed by atoms with E-state index in [9.17, 15) is 4.79 Å². The second kappa shape index (κ2) is 3.09. The highest BCUT2D eigenvalue weighted by atomic mass is 79.9. The van der Waals surface area contributed by atoms with Gasteiger partial charge in [0.2, 0.25) is 4.69 Å². The van der Waals surface area contributed by atoms with Crippen molar-refractivity contribution >= 4 is 20.6 Å². The summed E-state index contributed by atoms with van der Waals surface area (Å²) in [6.07, 6.45) is 3.12. The van der Waals surface area contributed by atoms with Gasteiger partial charge in [0.1, 0.15) is 0 Å². The number of hydrogen-bond acceptors (Lipinski definition) is 1. The minimum atomic E-state index is -0.0787. The maximum Gasteiger partial charge on any atom is 0.220 e. The molecule has 0 aliphatic carbocycles. The van der Waals surface area contributed by atoms with E-state index in [0.717, 1.165) is 0 Å².